The number of carbonyl (C=O) groups is 2. The fraction of sp³-hybridized carbons (Fsp3) is 0.0455. The zero-order valence-corrected chi connectivity index (χ0v) is 16.2. The number of carbonyl (C=O) groups excluding carboxylic acids is 2. The zero-order chi connectivity index (χ0) is 20.8. The SMILES string of the molecule is COc1cc(Cl)ccc1C(=O)NNC(=O)c1ccccc1-c1ccccc1C#N. The van der Waals surface area contributed by atoms with Gasteiger partial charge in [0.05, 0.1) is 24.3 Å². The third-order valence-electron chi connectivity index (χ3n) is 4.21. The molecule has 0 heterocycles. The van der Waals surface area contributed by atoms with Gasteiger partial charge in [-0.3, -0.25) is 20.4 Å². The molecule has 3 aromatic rings. The van der Waals surface area contributed by atoms with Crippen molar-refractivity contribution >= 4 is 23.4 Å². The summed E-state index contributed by atoms with van der Waals surface area (Å²) in [4.78, 5) is 25.2. The van der Waals surface area contributed by atoms with Crippen LogP contribution in [0.5, 0.6) is 5.75 Å². The van der Waals surface area contributed by atoms with Crippen LogP contribution < -0.4 is 15.6 Å². The molecule has 0 saturated carbocycles. The summed E-state index contributed by atoms with van der Waals surface area (Å²) < 4.78 is 5.15. The van der Waals surface area contributed by atoms with E-state index in [2.05, 4.69) is 16.9 Å². The first kappa shape index (κ1) is 19.9. The van der Waals surface area contributed by atoms with E-state index >= 15 is 0 Å². The van der Waals surface area contributed by atoms with E-state index in [0.29, 0.717) is 27.3 Å². The number of hydrazine groups is 1. The topological polar surface area (TPSA) is 91.2 Å². The van der Waals surface area contributed by atoms with Gasteiger partial charge in [-0.25, -0.2) is 0 Å². The average molecular weight is 406 g/mol. The lowest BCUT2D eigenvalue weighted by atomic mass is 9.95. The zero-order valence-electron chi connectivity index (χ0n) is 15.4. The first-order chi connectivity index (χ1) is 14.0. The molecule has 0 aliphatic carbocycles. The van der Waals surface area contributed by atoms with E-state index in [1.54, 1.807) is 54.6 Å². The second-order valence-corrected chi connectivity index (χ2v) is 6.39. The molecule has 2 N–H and O–H groups in total. The fourth-order valence-corrected chi connectivity index (χ4v) is 2.99. The first-order valence-corrected chi connectivity index (χ1v) is 8.95. The van der Waals surface area contributed by atoms with Crippen molar-refractivity contribution in [3.05, 3.63) is 88.4 Å². The van der Waals surface area contributed by atoms with Crippen LogP contribution in [0.15, 0.2) is 66.7 Å². The quantitative estimate of drug-likeness (QED) is 0.642. The predicted molar refractivity (Wildman–Crippen MR) is 110 cm³/mol. The number of nitriles is 1. The fourth-order valence-electron chi connectivity index (χ4n) is 2.83. The summed E-state index contributed by atoms with van der Waals surface area (Å²) in [6, 6.07) is 20.5. The molecular weight excluding hydrogens is 390 g/mol. The van der Waals surface area contributed by atoms with Crippen LogP contribution in [0, 0.1) is 11.3 Å². The van der Waals surface area contributed by atoms with Gasteiger partial charge in [0, 0.05) is 16.1 Å². The van der Waals surface area contributed by atoms with E-state index in [-0.39, 0.29) is 11.3 Å². The molecule has 3 aromatic carbocycles. The normalized spacial score (nSPS) is 9.97. The van der Waals surface area contributed by atoms with Crippen LogP contribution >= 0.6 is 11.6 Å². The smallest absolute Gasteiger partial charge is 0.273 e. The lowest BCUT2D eigenvalue weighted by Crippen LogP contribution is -2.41. The van der Waals surface area contributed by atoms with Gasteiger partial charge in [0.15, 0.2) is 0 Å². The van der Waals surface area contributed by atoms with Crippen molar-refractivity contribution in [1.82, 2.24) is 10.9 Å². The lowest BCUT2D eigenvalue weighted by Gasteiger charge is -2.13. The number of ether oxygens (including phenoxy) is 1. The summed E-state index contributed by atoms with van der Waals surface area (Å²) in [6.45, 7) is 0. The Balaban J connectivity index is 1.83. The number of amides is 2. The number of rotatable bonds is 4. The number of halogens is 1. The van der Waals surface area contributed by atoms with Crippen molar-refractivity contribution in [2.75, 3.05) is 7.11 Å². The van der Waals surface area contributed by atoms with Crippen LogP contribution in [0.4, 0.5) is 0 Å². The summed E-state index contributed by atoms with van der Waals surface area (Å²) in [5.41, 5.74) is 6.98. The van der Waals surface area contributed by atoms with Gasteiger partial charge in [-0.2, -0.15) is 5.26 Å². The number of benzene rings is 3. The minimum Gasteiger partial charge on any atom is -0.496 e. The Kier molecular flexibility index (Phi) is 6.12. The molecule has 0 unspecified atom stereocenters. The van der Waals surface area contributed by atoms with Gasteiger partial charge in [-0.15, -0.1) is 0 Å². The van der Waals surface area contributed by atoms with Crippen LogP contribution in [0.1, 0.15) is 26.3 Å². The Hall–Kier alpha value is -3.82. The van der Waals surface area contributed by atoms with Crippen LogP contribution in [-0.2, 0) is 0 Å². The minimum absolute atomic E-state index is 0.223. The largest absolute Gasteiger partial charge is 0.496 e. The molecule has 6 nitrogen and oxygen atoms in total. The Morgan fingerprint density at radius 2 is 1.52 bits per heavy atom. The van der Waals surface area contributed by atoms with Gasteiger partial charge in [0.25, 0.3) is 11.8 Å². The molecule has 0 bridgehead atoms. The van der Waals surface area contributed by atoms with Gasteiger partial charge in [0.2, 0.25) is 0 Å². The highest BCUT2D eigenvalue weighted by Gasteiger charge is 2.17. The third kappa shape index (κ3) is 4.37. The van der Waals surface area contributed by atoms with Crippen LogP contribution in [-0.4, -0.2) is 18.9 Å². The second-order valence-electron chi connectivity index (χ2n) is 5.96. The number of methoxy groups -OCH3 is 1. The van der Waals surface area contributed by atoms with Crippen molar-refractivity contribution < 1.29 is 14.3 Å². The molecule has 0 aromatic heterocycles. The number of nitrogens with zero attached hydrogens (tertiary/aromatic N) is 1. The number of nitrogens with one attached hydrogen (secondary N) is 2. The van der Waals surface area contributed by atoms with E-state index in [1.807, 2.05) is 0 Å². The Morgan fingerprint density at radius 3 is 2.21 bits per heavy atom. The number of hydrogen-bond donors (Lipinski definition) is 2. The minimum atomic E-state index is -0.554. The predicted octanol–water partition coefficient (Wildman–Crippen LogP) is 3.96. The molecule has 2 amide bonds. The summed E-state index contributed by atoms with van der Waals surface area (Å²) in [6.07, 6.45) is 0. The summed E-state index contributed by atoms with van der Waals surface area (Å²) in [5, 5.41) is 9.78. The van der Waals surface area contributed by atoms with Gasteiger partial charge < -0.3 is 4.74 Å². The van der Waals surface area contributed by atoms with Gasteiger partial charge in [-0.05, 0) is 35.9 Å². The lowest BCUT2D eigenvalue weighted by molar-refractivity contribution is 0.0845. The summed E-state index contributed by atoms with van der Waals surface area (Å²) >= 11 is 5.90. The maximum absolute atomic E-state index is 12.7. The summed E-state index contributed by atoms with van der Waals surface area (Å²) in [5.74, 6) is -0.788. The van der Waals surface area contributed by atoms with E-state index in [9.17, 15) is 14.9 Å². The maximum atomic E-state index is 12.7. The van der Waals surface area contributed by atoms with Gasteiger partial charge in [-0.1, -0.05) is 48.0 Å². The molecule has 29 heavy (non-hydrogen) atoms. The van der Waals surface area contributed by atoms with Gasteiger partial charge in [0.1, 0.15) is 5.75 Å². The molecule has 0 saturated heterocycles. The Morgan fingerprint density at radius 1 is 0.897 bits per heavy atom. The molecule has 0 aliphatic rings. The van der Waals surface area contributed by atoms with Crippen LogP contribution in [0.25, 0.3) is 11.1 Å². The molecule has 3 rings (SSSR count). The molecule has 0 aliphatic heterocycles. The molecule has 144 valence electrons. The second kappa shape index (κ2) is 8.91. The molecule has 7 heteroatoms. The highest BCUT2D eigenvalue weighted by Crippen LogP contribution is 2.27. The standard InChI is InChI=1S/C22H16ClN3O3/c1-29-20-12-15(23)10-11-19(20)22(28)26-25-21(27)18-9-5-4-8-17(18)16-7-3-2-6-14(16)13-24/h2-12H,1H3,(H,25,27)(H,26,28). The van der Waals surface area contributed by atoms with E-state index in [4.69, 9.17) is 16.3 Å². The molecule has 0 fully saturated rings. The van der Waals surface area contributed by atoms with E-state index in [0.717, 1.165) is 0 Å². The van der Waals surface area contributed by atoms with Crippen molar-refractivity contribution in [1.29, 1.82) is 5.26 Å². The monoisotopic (exact) mass is 405 g/mol. The summed E-state index contributed by atoms with van der Waals surface area (Å²) in [7, 11) is 1.42. The van der Waals surface area contributed by atoms with Crippen molar-refractivity contribution in [3.8, 4) is 22.9 Å². The van der Waals surface area contributed by atoms with Crippen LogP contribution in [0.3, 0.4) is 0 Å². The van der Waals surface area contributed by atoms with Crippen molar-refractivity contribution in [2.45, 2.75) is 0 Å². The molecule has 0 radical (unpaired) electrons. The maximum Gasteiger partial charge on any atom is 0.273 e. The van der Waals surface area contributed by atoms with E-state index < -0.39 is 11.8 Å². The van der Waals surface area contributed by atoms with Crippen molar-refractivity contribution in [3.63, 3.8) is 0 Å². The van der Waals surface area contributed by atoms with Crippen LogP contribution in [0.2, 0.25) is 5.02 Å². The third-order valence-corrected chi connectivity index (χ3v) is 4.44. The average Bonchev–Trinajstić information content (AvgIpc) is 2.77. The van der Waals surface area contributed by atoms with E-state index in [1.165, 1.54) is 19.2 Å². The number of hydrogen-bond acceptors (Lipinski definition) is 4. The highest BCUT2D eigenvalue weighted by atomic mass is 35.5. The molecular formula is C22H16ClN3O3. The first-order valence-electron chi connectivity index (χ1n) is 8.58. The molecule has 0 atom stereocenters. The highest BCUT2D eigenvalue weighted by molar-refractivity contribution is 6.30. The van der Waals surface area contributed by atoms with Crippen molar-refractivity contribution in [2.24, 2.45) is 0 Å². The Labute approximate surface area is 172 Å². The van der Waals surface area contributed by atoms with Gasteiger partial charge >= 0.3 is 0 Å². The Bertz CT molecular complexity index is 1120. The molecule has 0 spiro atoms.